The molecule has 27 heavy (non-hydrogen) atoms. The van der Waals surface area contributed by atoms with Crippen LogP contribution >= 0.6 is 0 Å². The van der Waals surface area contributed by atoms with Crippen LogP contribution in [0.4, 0.5) is 10.5 Å². The molecule has 5 heteroatoms. The number of rotatable bonds is 4. The zero-order valence-electron chi connectivity index (χ0n) is 15.0. The standard InChI is InChI=1S/C22H20N4O/c1-16-8-7-13-26-15-20(24-21(16)26)18-11-5-6-12-19(18)25-22(27)23-14-17-9-3-2-4-10-17/h2-13,15H,14H2,1H3,(H2,23,25,27). The average Bonchev–Trinajstić information content (AvgIpc) is 3.13. The Labute approximate surface area is 157 Å². The van der Waals surface area contributed by atoms with Crippen LogP contribution in [0, 0.1) is 6.92 Å². The van der Waals surface area contributed by atoms with Crippen molar-refractivity contribution < 1.29 is 4.79 Å². The van der Waals surface area contributed by atoms with Gasteiger partial charge in [0.25, 0.3) is 0 Å². The number of imidazole rings is 1. The van der Waals surface area contributed by atoms with Gasteiger partial charge < -0.3 is 15.0 Å². The summed E-state index contributed by atoms with van der Waals surface area (Å²) in [6, 6.07) is 21.3. The molecule has 2 N–H and O–H groups in total. The third kappa shape index (κ3) is 3.67. The SMILES string of the molecule is Cc1cccn2cc(-c3ccccc3NC(=O)NCc3ccccc3)nc12. The van der Waals surface area contributed by atoms with Crippen LogP contribution in [0.5, 0.6) is 0 Å². The van der Waals surface area contributed by atoms with E-state index < -0.39 is 0 Å². The molecule has 2 aromatic carbocycles. The van der Waals surface area contributed by atoms with Crippen LogP contribution in [0.1, 0.15) is 11.1 Å². The lowest BCUT2D eigenvalue weighted by molar-refractivity contribution is 0.252. The number of hydrogen-bond donors (Lipinski definition) is 2. The van der Waals surface area contributed by atoms with E-state index in [1.54, 1.807) is 0 Å². The second-order valence-corrected chi connectivity index (χ2v) is 6.39. The van der Waals surface area contributed by atoms with E-state index in [0.717, 1.165) is 33.7 Å². The number of fused-ring (bicyclic) bond motifs is 1. The Morgan fingerprint density at radius 2 is 1.78 bits per heavy atom. The summed E-state index contributed by atoms with van der Waals surface area (Å²) in [6.07, 6.45) is 3.95. The summed E-state index contributed by atoms with van der Waals surface area (Å²) in [4.78, 5) is 17.1. The van der Waals surface area contributed by atoms with Gasteiger partial charge >= 0.3 is 6.03 Å². The van der Waals surface area contributed by atoms with E-state index in [-0.39, 0.29) is 6.03 Å². The third-order valence-electron chi connectivity index (χ3n) is 4.43. The van der Waals surface area contributed by atoms with Crippen molar-refractivity contribution in [3.8, 4) is 11.3 Å². The van der Waals surface area contributed by atoms with E-state index in [9.17, 15) is 4.79 Å². The minimum atomic E-state index is -0.244. The molecule has 0 bridgehead atoms. The van der Waals surface area contributed by atoms with Crippen LogP contribution in [0.3, 0.4) is 0 Å². The first-order valence-electron chi connectivity index (χ1n) is 8.83. The Morgan fingerprint density at radius 1 is 1.00 bits per heavy atom. The van der Waals surface area contributed by atoms with Crippen molar-refractivity contribution in [1.29, 1.82) is 0 Å². The summed E-state index contributed by atoms with van der Waals surface area (Å²) in [5, 5.41) is 5.83. The van der Waals surface area contributed by atoms with Crippen LogP contribution in [-0.2, 0) is 6.54 Å². The smallest absolute Gasteiger partial charge is 0.319 e. The minimum Gasteiger partial charge on any atom is -0.334 e. The summed E-state index contributed by atoms with van der Waals surface area (Å²) in [5.41, 5.74) is 5.50. The van der Waals surface area contributed by atoms with Crippen LogP contribution in [0.2, 0.25) is 0 Å². The summed E-state index contributed by atoms with van der Waals surface area (Å²) in [6.45, 7) is 2.51. The van der Waals surface area contributed by atoms with Gasteiger partial charge in [-0.1, -0.05) is 54.6 Å². The molecule has 0 atom stereocenters. The molecular weight excluding hydrogens is 336 g/mol. The molecule has 2 aromatic heterocycles. The van der Waals surface area contributed by atoms with Gasteiger partial charge in [0.1, 0.15) is 5.65 Å². The molecule has 0 spiro atoms. The second-order valence-electron chi connectivity index (χ2n) is 6.39. The zero-order chi connectivity index (χ0) is 18.6. The molecule has 0 saturated carbocycles. The largest absolute Gasteiger partial charge is 0.334 e. The third-order valence-corrected chi connectivity index (χ3v) is 4.43. The van der Waals surface area contributed by atoms with Crippen LogP contribution < -0.4 is 10.6 Å². The van der Waals surface area contributed by atoms with Crippen molar-refractivity contribution in [2.75, 3.05) is 5.32 Å². The van der Waals surface area contributed by atoms with Crippen LogP contribution in [-0.4, -0.2) is 15.4 Å². The number of carbonyl (C=O) groups is 1. The van der Waals surface area contributed by atoms with Gasteiger partial charge in [0.15, 0.2) is 0 Å². The molecule has 0 saturated heterocycles. The first-order valence-corrected chi connectivity index (χ1v) is 8.83. The first kappa shape index (κ1) is 16.8. The summed E-state index contributed by atoms with van der Waals surface area (Å²) < 4.78 is 2.00. The van der Waals surface area contributed by atoms with Gasteiger partial charge in [0.2, 0.25) is 0 Å². The van der Waals surface area contributed by atoms with E-state index in [1.807, 2.05) is 90.4 Å². The average molecular weight is 356 g/mol. The highest BCUT2D eigenvalue weighted by Gasteiger charge is 2.12. The number of urea groups is 1. The van der Waals surface area contributed by atoms with E-state index >= 15 is 0 Å². The van der Waals surface area contributed by atoms with E-state index in [1.165, 1.54) is 0 Å². The number of benzene rings is 2. The fraction of sp³-hybridized carbons (Fsp3) is 0.0909. The minimum absolute atomic E-state index is 0.244. The number of anilines is 1. The van der Waals surface area contributed by atoms with Crippen molar-refractivity contribution in [2.45, 2.75) is 13.5 Å². The number of aryl methyl sites for hydroxylation is 1. The molecule has 0 radical (unpaired) electrons. The van der Waals surface area contributed by atoms with Gasteiger partial charge in [0.05, 0.1) is 11.4 Å². The molecule has 0 aliphatic rings. The fourth-order valence-corrected chi connectivity index (χ4v) is 3.04. The molecular formula is C22H20N4O. The maximum absolute atomic E-state index is 12.3. The molecule has 134 valence electrons. The zero-order valence-corrected chi connectivity index (χ0v) is 15.0. The van der Waals surface area contributed by atoms with Crippen molar-refractivity contribution in [3.63, 3.8) is 0 Å². The lowest BCUT2D eigenvalue weighted by atomic mass is 10.1. The van der Waals surface area contributed by atoms with E-state index in [0.29, 0.717) is 6.54 Å². The fourth-order valence-electron chi connectivity index (χ4n) is 3.04. The van der Waals surface area contributed by atoms with Crippen molar-refractivity contribution in [1.82, 2.24) is 14.7 Å². The number of nitrogens with zero attached hydrogens (tertiary/aromatic N) is 2. The molecule has 0 aliphatic carbocycles. The van der Waals surface area contributed by atoms with Gasteiger partial charge in [0, 0.05) is 24.5 Å². The topological polar surface area (TPSA) is 58.4 Å². The highest BCUT2D eigenvalue weighted by molar-refractivity contribution is 5.94. The molecule has 0 unspecified atom stereocenters. The maximum atomic E-state index is 12.3. The van der Waals surface area contributed by atoms with Crippen molar-refractivity contribution >= 4 is 17.4 Å². The predicted molar refractivity (Wildman–Crippen MR) is 108 cm³/mol. The molecule has 0 aliphatic heterocycles. The van der Waals surface area contributed by atoms with Crippen molar-refractivity contribution in [2.24, 2.45) is 0 Å². The number of para-hydroxylation sites is 1. The van der Waals surface area contributed by atoms with Crippen molar-refractivity contribution in [3.05, 3.63) is 90.3 Å². The Balaban J connectivity index is 1.55. The van der Waals surface area contributed by atoms with Crippen LogP contribution in [0.15, 0.2) is 79.1 Å². The number of pyridine rings is 1. The lowest BCUT2D eigenvalue weighted by Crippen LogP contribution is -2.28. The molecule has 2 heterocycles. The molecule has 0 fully saturated rings. The highest BCUT2D eigenvalue weighted by Crippen LogP contribution is 2.28. The van der Waals surface area contributed by atoms with Gasteiger partial charge in [-0.3, -0.25) is 0 Å². The summed E-state index contributed by atoms with van der Waals surface area (Å²) in [7, 11) is 0. The van der Waals surface area contributed by atoms with Gasteiger partial charge in [-0.05, 0) is 30.2 Å². The Bertz CT molecular complexity index is 1090. The Kier molecular flexibility index (Phi) is 4.58. The molecule has 4 aromatic rings. The number of aromatic nitrogens is 2. The van der Waals surface area contributed by atoms with E-state index in [2.05, 4.69) is 10.6 Å². The lowest BCUT2D eigenvalue weighted by Gasteiger charge is -2.11. The normalized spacial score (nSPS) is 10.7. The number of nitrogens with one attached hydrogen (secondary N) is 2. The summed E-state index contributed by atoms with van der Waals surface area (Å²) >= 11 is 0. The highest BCUT2D eigenvalue weighted by atomic mass is 16.2. The van der Waals surface area contributed by atoms with E-state index in [4.69, 9.17) is 4.98 Å². The molecule has 5 nitrogen and oxygen atoms in total. The second kappa shape index (κ2) is 7.33. The maximum Gasteiger partial charge on any atom is 0.319 e. The predicted octanol–water partition coefficient (Wildman–Crippen LogP) is 4.63. The van der Waals surface area contributed by atoms with Crippen LogP contribution in [0.25, 0.3) is 16.9 Å². The first-order chi connectivity index (χ1) is 13.2. The summed E-state index contributed by atoms with van der Waals surface area (Å²) in [5.74, 6) is 0. The Morgan fingerprint density at radius 3 is 2.59 bits per heavy atom. The number of hydrogen-bond acceptors (Lipinski definition) is 2. The van der Waals surface area contributed by atoms with Gasteiger partial charge in [-0.15, -0.1) is 0 Å². The molecule has 2 amide bonds. The quantitative estimate of drug-likeness (QED) is 0.560. The number of amides is 2. The Hall–Kier alpha value is -3.60. The van der Waals surface area contributed by atoms with Gasteiger partial charge in [-0.25, -0.2) is 9.78 Å². The monoisotopic (exact) mass is 356 g/mol. The van der Waals surface area contributed by atoms with Gasteiger partial charge in [-0.2, -0.15) is 0 Å². The molecule has 4 rings (SSSR count). The number of carbonyl (C=O) groups excluding carboxylic acids is 1.